The van der Waals surface area contributed by atoms with Crippen LogP contribution in [0.1, 0.15) is 0 Å². The predicted molar refractivity (Wildman–Crippen MR) is 136 cm³/mol. The number of pyridine rings is 1. The van der Waals surface area contributed by atoms with E-state index in [1.54, 1.807) is 0 Å². The van der Waals surface area contributed by atoms with Gasteiger partial charge in [0, 0.05) is 18.0 Å². The van der Waals surface area contributed by atoms with Crippen LogP contribution in [0, 0.1) is 0 Å². The van der Waals surface area contributed by atoms with E-state index in [4.69, 9.17) is 0 Å². The van der Waals surface area contributed by atoms with Crippen molar-refractivity contribution >= 4 is 21.5 Å². The Bertz CT molecular complexity index is 1490. The molecule has 0 saturated carbocycles. The van der Waals surface area contributed by atoms with Crippen LogP contribution < -0.4 is 0 Å². The first kappa shape index (κ1) is 18.5. The third kappa shape index (κ3) is 3.07. The van der Waals surface area contributed by atoms with Gasteiger partial charge in [-0.2, -0.15) is 0 Å². The molecule has 32 heavy (non-hydrogen) atoms. The maximum Gasteiger partial charge on any atom is 0.0346 e. The van der Waals surface area contributed by atoms with E-state index >= 15 is 0 Å². The fraction of sp³-hybridized carbons (Fsp3) is 0. The summed E-state index contributed by atoms with van der Waals surface area (Å²) in [4.78, 5) is 4.31. The molecule has 1 nitrogen and oxygen atoms in total. The van der Waals surface area contributed by atoms with E-state index in [9.17, 15) is 0 Å². The Morgan fingerprint density at radius 1 is 0.375 bits per heavy atom. The van der Waals surface area contributed by atoms with Crippen LogP contribution in [0.25, 0.3) is 54.9 Å². The van der Waals surface area contributed by atoms with Crippen molar-refractivity contribution in [3.8, 4) is 33.4 Å². The van der Waals surface area contributed by atoms with Gasteiger partial charge in [-0.15, -0.1) is 0 Å². The monoisotopic (exact) mass is 407 g/mol. The molecule has 0 fully saturated rings. The second kappa shape index (κ2) is 7.79. The molecule has 1 heteroatoms. The van der Waals surface area contributed by atoms with Gasteiger partial charge in [-0.25, -0.2) is 0 Å². The van der Waals surface area contributed by atoms with Crippen LogP contribution in [-0.2, 0) is 0 Å². The maximum absolute atomic E-state index is 4.31. The van der Waals surface area contributed by atoms with Crippen LogP contribution in [0.2, 0.25) is 0 Å². The minimum Gasteiger partial charge on any atom is -0.264 e. The van der Waals surface area contributed by atoms with E-state index < -0.39 is 0 Å². The number of hydrogen-bond donors (Lipinski definition) is 0. The number of aromatic nitrogens is 1. The molecule has 0 bridgehead atoms. The van der Waals surface area contributed by atoms with Gasteiger partial charge < -0.3 is 0 Å². The molecule has 0 unspecified atom stereocenters. The molecular weight excluding hydrogens is 386 g/mol. The SMILES string of the molecule is c1ccc(-c2c3ccccc3c(-c3cccc(-c4cccnc4)c3)c3ccccc23)cc1. The van der Waals surface area contributed by atoms with Gasteiger partial charge in [-0.3, -0.25) is 4.98 Å². The lowest BCUT2D eigenvalue weighted by molar-refractivity contribution is 1.33. The van der Waals surface area contributed by atoms with E-state index in [0.29, 0.717) is 0 Å². The van der Waals surface area contributed by atoms with Crippen molar-refractivity contribution in [2.24, 2.45) is 0 Å². The third-order valence-corrected chi connectivity index (χ3v) is 6.14. The van der Waals surface area contributed by atoms with Crippen molar-refractivity contribution < 1.29 is 0 Å². The van der Waals surface area contributed by atoms with Crippen molar-refractivity contribution in [3.63, 3.8) is 0 Å². The number of rotatable bonds is 3. The minimum absolute atomic E-state index is 1.13. The van der Waals surface area contributed by atoms with Gasteiger partial charge in [0.1, 0.15) is 0 Å². The predicted octanol–water partition coefficient (Wildman–Crippen LogP) is 8.39. The van der Waals surface area contributed by atoms with Crippen molar-refractivity contribution in [2.45, 2.75) is 0 Å². The highest BCUT2D eigenvalue weighted by Gasteiger charge is 2.16. The highest BCUT2D eigenvalue weighted by atomic mass is 14.6. The molecule has 0 aliphatic carbocycles. The van der Waals surface area contributed by atoms with Crippen molar-refractivity contribution in [3.05, 3.63) is 128 Å². The van der Waals surface area contributed by atoms with Gasteiger partial charge >= 0.3 is 0 Å². The summed E-state index contributed by atoms with van der Waals surface area (Å²) >= 11 is 0. The maximum atomic E-state index is 4.31. The average molecular weight is 408 g/mol. The highest BCUT2D eigenvalue weighted by molar-refractivity contribution is 6.21. The summed E-state index contributed by atoms with van der Waals surface area (Å²) in [5, 5.41) is 5.10. The summed E-state index contributed by atoms with van der Waals surface area (Å²) in [6, 6.07) is 41.2. The van der Waals surface area contributed by atoms with E-state index in [2.05, 4.69) is 114 Å². The van der Waals surface area contributed by atoms with E-state index in [1.807, 2.05) is 18.5 Å². The normalized spacial score (nSPS) is 11.1. The molecule has 0 aliphatic heterocycles. The van der Waals surface area contributed by atoms with Gasteiger partial charge in [0.05, 0.1) is 0 Å². The van der Waals surface area contributed by atoms with Crippen molar-refractivity contribution in [1.29, 1.82) is 0 Å². The van der Waals surface area contributed by atoms with Crippen LogP contribution in [0.5, 0.6) is 0 Å². The fourth-order valence-corrected chi connectivity index (χ4v) is 4.74. The Hall–Kier alpha value is -4.23. The molecule has 0 atom stereocenters. The van der Waals surface area contributed by atoms with E-state index in [-0.39, 0.29) is 0 Å². The second-order valence-corrected chi connectivity index (χ2v) is 8.03. The van der Waals surface area contributed by atoms with Crippen molar-refractivity contribution in [1.82, 2.24) is 4.98 Å². The van der Waals surface area contributed by atoms with Gasteiger partial charge in [0.2, 0.25) is 0 Å². The first-order valence-electron chi connectivity index (χ1n) is 10.9. The number of benzene rings is 5. The molecule has 1 aromatic heterocycles. The Kier molecular flexibility index (Phi) is 4.51. The van der Waals surface area contributed by atoms with Gasteiger partial charge in [0.15, 0.2) is 0 Å². The third-order valence-electron chi connectivity index (χ3n) is 6.14. The molecule has 0 saturated heterocycles. The average Bonchev–Trinajstić information content (AvgIpc) is 2.88. The first-order valence-corrected chi connectivity index (χ1v) is 10.9. The number of fused-ring (bicyclic) bond motifs is 2. The molecule has 6 rings (SSSR count). The van der Waals surface area contributed by atoms with Gasteiger partial charge in [-0.1, -0.05) is 103 Å². The van der Waals surface area contributed by atoms with Crippen LogP contribution in [0.4, 0.5) is 0 Å². The zero-order chi connectivity index (χ0) is 21.3. The summed E-state index contributed by atoms with van der Waals surface area (Å²) in [6.07, 6.45) is 3.74. The van der Waals surface area contributed by atoms with Crippen LogP contribution in [-0.4, -0.2) is 4.98 Å². The topological polar surface area (TPSA) is 12.9 Å². The summed E-state index contributed by atoms with van der Waals surface area (Å²) in [6.45, 7) is 0. The molecule has 0 N–H and O–H groups in total. The van der Waals surface area contributed by atoms with Crippen LogP contribution >= 0.6 is 0 Å². The van der Waals surface area contributed by atoms with Crippen LogP contribution in [0.15, 0.2) is 128 Å². The summed E-state index contributed by atoms with van der Waals surface area (Å²) in [7, 11) is 0. The Balaban J connectivity index is 1.71. The zero-order valence-corrected chi connectivity index (χ0v) is 17.6. The lowest BCUT2D eigenvalue weighted by atomic mass is 9.85. The standard InChI is InChI=1S/C31H21N/c1-2-10-22(11-3-1)30-26-15-4-6-17-28(26)31(29-18-7-5-16-27(29)30)24-13-8-12-23(20-24)25-14-9-19-32-21-25/h1-21H. The molecule has 1 heterocycles. The number of nitrogens with zero attached hydrogens (tertiary/aromatic N) is 1. The summed E-state index contributed by atoms with van der Waals surface area (Å²) < 4.78 is 0. The molecule has 6 aromatic rings. The molecule has 0 radical (unpaired) electrons. The van der Waals surface area contributed by atoms with Gasteiger partial charge in [0.25, 0.3) is 0 Å². The Morgan fingerprint density at radius 3 is 1.47 bits per heavy atom. The minimum atomic E-state index is 1.13. The van der Waals surface area contributed by atoms with E-state index in [0.717, 1.165) is 5.56 Å². The molecule has 0 spiro atoms. The lowest BCUT2D eigenvalue weighted by Crippen LogP contribution is -1.91. The Labute approximate surface area is 187 Å². The van der Waals surface area contributed by atoms with Crippen molar-refractivity contribution in [2.75, 3.05) is 0 Å². The highest BCUT2D eigenvalue weighted by Crippen LogP contribution is 2.43. The summed E-state index contributed by atoms with van der Waals surface area (Å²) in [5.74, 6) is 0. The molecule has 5 aromatic carbocycles. The molecule has 0 aliphatic rings. The van der Waals surface area contributed by atoms with Crippen LogP contribution in [0.3, 0.4) is 0 Å². The second-order valence-electron chi connectivity index (χ2n) is 8.03. The first-order chi connectivity index (χ1) is 15.9. The quantitative estimate of drug-likeness (QED) is 0.268. The largest absolute Gasteiger partial charge is 0.264 e. The Morgan fingerprint density at radius 2 is 0.875 bits per heavy atom. The fourth-order valence-electron chi connectivity index (χ4n) is 4.74. The molecular formula is C31H21N. The molecule has 150 valence electrons. The van der Waals surface area contributed by atoms with Gasteiger partial charge in [-0.05, 0) is 61.5 Å². The number of hydrogen-bond acceptors (Lipinski definition) is 1. The lowest BCUT2D eigenvalue weighted by Gasteiger charge is -2.18. The zero-order valence-electron chi connectivity index (χ0n) is 17.6. The van der Waals surface area contributed by atoms with E-state index in [1.165, 1.54) is 49.4 Å². The smallest absolute Gasteiger partial charge is 0.0346 e. The summed E-state index contributed by atoms with van der Waals surface area (Å²) in [5.41, 5.74) is 7.35. The molecule has 0 amide bonds.